The minimum absolute atomic E-state index is 0.0633. The summed E-state index contributed by atoms with van der Waals surface area (Å²) in [5.74, 6) is 1.02. The van der Waals surface area contributed by atoms with Gasteiger partial charge in [-0.25, -0.2) is 4.98 Å². The van der Waals surface area contributed by atoms with Crippen molar-refractivity contribution < 1.29 is 9.53 Å². The molecule has 1 fully saturated rings. The zero-order valence-corrected chi connectivity index (χ0v) is 14.4. The molecule has 1 aromatic heterocycles. The van der Waals surface area contributed by atoms with Crippen LogP contribution in [0.25, 0.3) is 0 Å². The van der Waals surface area contributed by atoms with E-state index in [9.17, 15) is 4.79 Å². The molecule has 5 nitrogen and oxygen atoms in total. The van der Waals surface area contributed by atoms with Crippen LogP contribution in [-0.4, -0.2) is 54.2 Å². The highest BCUT2D eigenvalue weighted by Gasteiger charge is 2.23. The van der Waals surface area contributed by atoms with E-state index in [2.05, 4.69) is 25.8 Å². The third-order valence-electron chi connectivity index (χ3n) is 3.30. The van der Waals surface area contributed by atoms with Crippen molar-refractivity contribution in [2.45, 2.75) is 26.4 Å². The molecule has 1 aliphatic rings. The lowest BCUT2D eigenvalue weighted by molar-refractivity contribution is -0.141. The van der Waals surface area contributed by atoms with Gasteiger partial charge in [0.2, 0.25) is 5.91 Å². The fraction of sp³-hybridized carbons (Fsp3) is 0.600. The number of carbonyl (C=O) groups excluding carboxylic acids is 1. The van der Waals surface area contributed by atoms with Crippen LogP contribution in [0.15, 0.2) is 22.8 Å². The summed E-state index contributed by atoms with van der Waals surface area (Å²) in [4.78, 5) is 20.5. The van der Waals surface area contributed by atoms with Gasteiger partial charge in [-0.1, -0.05) is 0 Å². The van der Waals surface area contributed by atoms with Crippen LogP contribution in [-0.2, 0) is 9.53 Å². The van der Waals surface area contributed by atoms with Gasteiger partial charge in [0.05, 0.1) is 5.60 Å². The van der Waals surface area contributed by atoms with Crippen LogP contribution in [0.1, 0.15) is 20.8 Å². The standard InChI is InChI=1S/C15H22BrN3O2/c1-15(2,3)21-11-14(20)19-8-6-18(7-9-19)13-5-4-12(16)10-17-13/h4-5,10H,6-9,11H2,1-3H3. The van der Waals surface area contributed by atoms with Gasteiger partial charge in [0.25, 0.3) is 0 Å². The lowest BCUT2D eigenvalue weighted by Crippen LogP contribution is -2.50. The predicted molar refractivity (Wildman–Crippen MR) is 86.4 cm³/mol. The Balaban J connectivity index is 1.82. The molecule has 1 saturated heterocycles. The molecule has 0 N–H and O–H groups in total. The zero-order chi connectivity index (χ0) is 15.5. The normalized spacial score (nSPS) is 16.2. The van der Waals surface area contributed by atoms with E-state index in [1.54, 1.807) is 6.20 Å². The van der Waals surface area contributed by atoms with Crippen molar-refractivity contribution in [3.63, 3.8) is 0 Å². The number of ether oxygens (including phenoxy) is 1. The fourth-order valence-corrected chi connectivity index (χ4v) is 2.34. The smallest absolute Gasteiger partial charge is 0.248 e. The second-order valence-electron chi connectivity index (χ2n) is 6.10. The third-order valence-corrected chi connectivity index (χ3v) is 3.77. The molecule has 0 aliphatic carbocycles. The third kappa shape index (κ3) is 4.97. The maximum absolute atomic E-state index is 12.1. The number of halogens is 1. The minimum Gasteiger partial charge on any atom is -0.366 e. The Morgan fingerprint density at radius 1 is 1.29 bits per heavy atom. The molecular formula is C15H22BrN3O2. The van der Waals surface area contributed by atoms with E-state index in [-0.39, 0.29) is 18.1 Å². The number of piperazine rings is 1. The van der Waals surface area contributed by atoms with E-state index in [1.165, 1.54) is 0 Å². The van der Waals surface area contributed by atoms with Crippen LogP contribution in [0.4, 0.5) is 5.82 Å². The maximum atomic E-state index is 12.1. The summed E-state index contributed by atoms with van der Waals surface area (Å²) < 4.78 is 6.52. The summed E-state index contributed by atoms with van der Waals surface area (Å²) in [7, 11) is 0. The SMILES string of the molecule is CC(C)(C)OCC(=O)N1CCN(c2ccc(Br)cn2)CC1. The first-order chi connectivity index (χ1) is 9.85. The number of nitrogens with zero attached hydrogens (tertiary/aromatic N) is 3. The number of hydrogen-bond acceptors (Lipinski definition) is 4. The molecule has 0 spiro atoms. The monoisotopic (exact) mass is 355 g/mol. The van der Waals surface area contributed by atoms with E-state index in [0.717, 1.165) is 23.4 Å². The van der Waals surface area contributed by atoms with Gasteiger partial charge >= 0.3 is 0 Å². The van der Waals surface area contributed by atoms with Gasteiger partial charge in [0.15, 0.2) is 0 Å². The Labute approximate surface area is 134 Å². The Bertz CT molecular complexity index is 477. The number of anilines is 1. The molecule has 0 aromatic carbocycles. The highest BCUT2D eigenvalue weighted by atomic mass is 79.9. The minimum atomic E-state index is -0.279. The topological polar surface area (TPSA) is 45.7 Å². The van der Waals surface area contributed by atoms with E-state index < -0.39 is 0 Å². The van der Waals surface area contributed by atoms with E-state index in [4.69, 9.17) is 4.74 Å². The maximum Gasteiger partial charge on any atom is 0.248 e. The van der Waals surface area contributed by atoms with Crippen LogP contribution in [0.5, 0.6) is 0 Å². The molecule has 0 unspecified atom stereocenters. The molecule has 1 aromatic rings. The van der Waals surface area contributed by atoms with E-state index in [0.29, 0.717) is 13.1 Å². The van der Waals surface area contributed by atoms with Crippen molar-refractivity contribution in [3.8, 4) is 0 Å². The molecule has 2 rings (SSSR count). The van der Waals surface area contributed by atoms with Crippen molar-refractivity contribution in [3.05, 3.63) is 22.8 Å². The number of carbonyl (C=O) groups is 1. The molecule has 1 aliphatic heterocycles. The van der Waals surface area contributed by atoms with Crippen LogP contribution < -0.4 is 4.90 Å². The van der Waals surface area contributed by atoms with Gasteiger partial charge in [-0.15, -0.1) is 0 Å². The second-order valence-corrected chi connectivity index (χ2v) is 7.02. The fourth-order valence-electron chi connectivity index (χ4n) is 2.11. The van der Waals surface area contributed by atoms with Crippen molar-refractivity contribution >= 4 is 27.7 Å². The number of pyridine rings is 1. The lowest BCUT2D eigenvalue weighted by Gasteiger charge is -2.35. The van der Waals surface area contributed by atoms with Crippen LogP contribution in [0.2, 0.25) is 0 Å². The quantitative estimate of drug-likeness (QED) is 0.834. The van der Waals surface area contributed by atoms with E-state index in [1.807, 2.05) is 37.8 Å². The van der Waals surface area contributed by atoms with Crippen molar-refractivity contribution in [2.24, 2.45) is 0 Å². The average Bonchev–Trinajstić information content (AvgIpc) is 2.45. The van der Waals surface area contributed by atoms with Crippen molar-refractivity contribution in [1.29, 1.82) is 0 Å². The van der Waals surface area contributed by atoms with Crippen LogP contribution in [0.3, 0.4) is 0 Å². The van der Waals surface area contributed by atoms with Crippen LogP contribution >= 0.6 is 15.9 Å². The van der Waals surface area contributed by atoms with Gasteiger partial charge in [-0.3, -0.25) is 4.79 Å². The Morgan fingerprint density at radius 3 is 2.48 bits per heavy atom. The van der Waals surface area contributed by atoms with Gasteiger partial charge in [-0.05, 0) is 48.8 Å². The highest BCUT2D eigenvalue weighted by Crippen LogP contribution is 2.16. The number of hydrogen-bond donors (Lipinski definition) is 0. The predicted octanol–water partition coefficient (Wildman–Crippen LogP) is 2.31. The summed E-state index contributed by atoms with van der Waals surface area (Å²) in [6.45, 7) is 9.05. The molecule has 0 saturated carbocycles. The molecule has 21 heavy (non-hydrogen) atoms. The first kappa shape index (κ1) is 16.2. The lowest BCUT2D eigenvalue weighted by atomic mass is 10.2. The zero-order valence-electron chi connectivity index (χ0n) is 12.8. The Kier molecular flexibility index (Phi) is 5.22. The first-order valence-electron chi connectivity index (χ1n) is 7.13. The number of amides is 1. The average molecular weight is 356 g/mol. The summed E-state index contributed by atoms with van der Waals surface area (Å²) in [6, 6.07) is 3.97. The number of aromatic nitrogens is 1. The summed E-state index contributed by atoms with van der Waals surface area (Å²) in [6.07, 6.45) is 1.80. The molecule has 0 atom stereocenters. The van der Waals surface area contributed by atoms with Gasteiger partial charge in [0, 0.05) is 36.8 Å². The molecule has 2 heterocycles. The highest BCUT2D eigenvalue weighted by molar-refractivity contribution is 9.10. The molecule has 0 radical (unpaired) electrons. The molecule has 116 valence electrons. The molecule has 6 heteroatoms. The van der Waals surface area contributed by atoms with Gasteiger partial charge in [-0.2, -0.15) is 0 Å². The summed E-state index contributed by atoms with van der Waals surface area (Å²) in [5, 5.41) is 0. The molecular weight excluding hydrogens is 334 g/mol. The van der Waals surface area contributed by atoms with Gasteiger partial charge < -0.3 is 14.5 Å². The largest absolute Gasteiger partial charge is 0.366 e. The van der Waals surface area contributed by atoms with Crippen LogP contribution in [0, 0.1) is 0 Å². The molecule has 0 bridgehead atoms. The second kappa shape index (κ2) is 6.75. The molecule has 1 amide bonds. The van der Waals surface area contributed by atoms with Crippen molar-refractivity contribution in [2.75, 3.05) is 37.7 Å². The summed E-state index contributed by atoms with van der Waals surface area (Å²) in [5.41, 5.74) is -0.279. The Hall–Kier alpha value is -1.14. The Morgan fingerprint density at radius 2 is 1.95 bits per heavy atom. The first-order valence-corrected chi connectivity index (χ1v) is 7.93. The van der Waals surface area contributed by atoms with E-state index >= 15 is 0 Å². The van der Waals surface area contributed by atoms with Gasteiger partial charge in [0.1, 0.15) is 12.4 Å². The number of rotatable bonds is 3. The summed E-state index contributed by atoms with van der Waals surface area (Å²) >= 11 is 3.38. The van der Waals surface area contributed by atoms with Crippen molar-refractivity contribution in [1.82, 2.24) is 9.88 Å².